The van der Waals surface area contributed by atoms with Crippen LogP contribution in [-0.4, -0.2) is 27.3 Å². The second-order valence-corrected chi connectivity index (χ2v) is 5.10. The summed E-state index contributed by atoms with van der Waals surface area (Å²) in [6.07, 6.45) is 2.21. The van der Waals surface area contributed by atoms with Gasteiger partial charge in [-0.3, -0.25) is 0 Å². The summed E-state index contributed by atoms with van der Waals surface area (Å²) in [5.41, 5.74) is 7.46. The first-order valence-corrected chi connectivity index (χ1v) is 6.41. The molecule has 0 aliphatic heterocycles. The fourth-order valence-electron chi connectivity index (χ4n) is 2.62. The number of benzene rings is 1. The Labute approximate surface area is 111 Å². The van der Waals surface area contributed by atoms with Crippen molar-refractivity contribution < 1.29 is 4.74 Å². The van der Waals surface area contributed by atoms with E-state index in [1.54, 1.807) is 7.11 Å². The van der Waals surface area contributed by atoms with Gasteiger partial charge in [-0.25, -0.2) is 4.68 Å². The lowest BCUT2D eigenvalue weighted by Crippen LogP contribution is -2.26. The molecular formula is C13H17N5O. The number of rotatable bonds is 3. The number of hydrogen-bond acceptors (Lipinski definition) is 5. The molecule has 0 radical (unpaired) electrons. The summed E-state index contributed by atoms with van der Waals surface area (Å²) < 4.78 is 7.24. The molecule has 3 rings (SSSR count). The van der Waals surface area contributed by atoms with Crippen molar-refractivity contribution in [3.63, 3.8) is 0 Å². The third-order valence-corrected chi connectivity index (χ3v) is 3.69. The molecular weight excluding hydrogens is 242 g/mol. The van der Waals surface area contributed by atoms with Crippen LogP contribution in [-0.2, 0) is 0 Å². The number of anilines is 1. The van der Waals surface area contributed by atoms with Crippen molar-refractivity contribution >= 4 is 5.69 Å². The van der Waals surface area contributed by atoms with Gasteiger partial charge >= 0.3 is 0 Å². The van der Waals surface area contributed by atoms with Gasteiger partial charge in [0.2, 0.25) is 0 Å². The zero-order valence-electron chi connectivity index (χ0n) is 11.1. The van der Waals surface area contributed by atoms with Crippen LogP contribution in [0.3, 0.4) is 0 Å². The monoisotopic (exact) mass is 259 g/mol. The Morgan fingerprint density at radius 2 is 2.16 bits per heavy atom. The molecule has 0 saturated heterocycles. The van der Waals surface area contributed by atoms with Crippen LogP contribution in [0.25, 0.3) is 11.4 Å². The highest BCUT2D eigenvalue weighted by atomic mass is 16.5. The van der Waals surface area contributed by atoms with Gasteiger partial charge in [-0.1, -0.05) is 13.0 Å². The maximum Gasteiger partial charge on any atom is 0.188 e. The molecule has 1 fully saturated rings. The van der Waals surface area contributed by atoms with Gasteiger partial charge in [-0.2, -0.15) is 0 Å². The maximum atomic E-state index is 6.06. The van der Waals surface area contributed by atoms with E-state index in [9.17, 15) is 0 Å². The lowest BCUT2D eigenvalue weighted by Gasteiger charge is -2.32. The number of tetrazole rings is 1. The van der Waals surface area contributed by atoms with Gasteiger partial charge in [-0.05, 0) is 41.3 Å². The third kappa shape index (κ3) is 1.93. The number of ether oxygens (including phenoxy) is 1. The van der Waals surface area contributed by atoms with Crippen LogP contribution in [0, 0.1) is 5.92 Å². The average molecular weight is 259 g/mol. The first kappa shape index (κ1) is 12.0. The van der Waals surface area contributed by atoms with Crippen molar-refractivity contribution in [1.29, 1.82) is 0 Å². The average Bonchev–Trinajstić information content (AvgIpc) is 2.83. The molecule has 6 nitrogen and oxygen atoms in total. The van der Waals surface area contributed by atoms with E-state index in [1.165, 1.54) is 0 Å². The second kappa shape index (κ2) is 4.53. The first-order valence-electron chi connectivity index (χ1n) is 6.41. The minimum Gasteiger partial charge on any atom is -0.496 e. The molecule has 1 heterocycles. The van der Waals surface area contributed by atoms with E-state index < -0.39 is 0 Å². The van der Waals surface area contributed by atoms with Gasteiger partial charge in [0.25, 0.3) is 0 Å². The van der Waals surface area contributed by atoms with E-state index in [0.29, 0.717) is 23.3 Å². The van der Waals surface area contributed by atoms with Crippen molar-refractivity contribution in [3.05, 3.63) is 18.2 Å². The molecule has 1 aliphatic rings. The highest BCUT2D eigenvalue weighted by Crippen LogP contribution is 2.41. The summed E-state index contributed by atoms with van der Waals surface area (Å²) in [5.74, 6) is 2.12. The van der Waals surface area contributed by atoms with Crippen molar-refractivity contribution in [1.82, 2.24) is 20.2 Å². The summed E-state index contributed by atoms with van der Waals surface area (Å²) >= 11 is 0. The van der Waals surface area contributed by atoms with E-state index in [0.717, 1.165) is 24.3 Å². The Morgan fingerprint density at radius 1 is 1.37 bits per heavy atom. The molecule has 0 amide bonds. The number of nitrogens with zero attached hydrogens (tertiary/aromatic N) is 4. The predicted molar refractivity (Wildman–Crippen MR) is 71.7 cm³/mol. The number of nitrogen functional groups attached to an aromatic ring is 1. The first-order chi connectivity index (χ1) is 9.20. The topological polar surface area (TPSA) is 78.8 Å². The van der Waals surface area contributed by atoms with Gasteiger partial charge in [-0.15, -0.1) is 5.10 Å². The van der Waals surface area contributed by atoms with E-state index in [2.05, 4.69) is 22.4 Å². The van der Waals surface area contributed by atoms with Gasteiger partial charge < -0.3 is 10.5 Å². The highest BCUT2D eigenvalue weighted by molar-refractivity contribution is 5.77. The molecule has 2 aromatic rings. The number of hydrogen-bond donors (Lipinski definition) is 1. The SMILES string of the molecule is COc1cccc(N)c1-c1nnnn1C1CC(C)C1. The molecule has 6 heteroatoms. The second-order valence-electron chi connectivity index (χ2n) is 5.10. The van der Waals surface area contributed by atoms with Gasteiger partial charge in [0, 0.05) is 5.69 Å². The minimum atomic E-state index is 0.365. The number of nitrogens with two attached hydrogens (primary N) is 1. The van der Waals surface area contributed by atoms with Crippen LogP contribution in [0.15, 0.2) is 18.2 Å². The quantitative estimate of drug-likeness (QED) is 0.852. The Hall–Kier alpha value is -2.11. The molecule has 100 valence electrons. The zero-order chi connectivity index (χ0) is 13.4. The molecule has 1 aliphatic carbocycles. The van der Waals surface area contributed by atoms with E-state index in [4.69, 9.17) is 10.5 Å². The van der Waals surface area contributed by atoms with Crippen molar-refractivity contribution in [2.75, 3.05) is 12.8 Å². The smallest absolute Gasteiger partial charge is 0.188 e. The number of methoxy groups -OCH3 is 1. The van der Waals surface area contributed by atoms with Gasteiger partial charge in [0.15, 0.2) is 5.82 Å². The van der Waals surface area contributed by atoms with Crippen LogP contribution in [0.2, 0.25) is 0 Å². The summed E-state index contributed by atoms with van der Waals surface area (Å²) in [4.78, 5) is 0. The zero-order valence-corrected chi connectivity index (χ0v) is 11.1. The Morgan fingerprint density at radius 3 is 2.84 bits per heavy atom. The standard InChI is InChI=1S/C13H17N5O/c1-8-6-9(7-8)18-13(15-16-17-18)12-10(14)4-3-5-11(12)19-2/h3-5,8-9H,6-7,14H2,1-2H3. The molecule has 1 aromatic heterocycles. The van der Waals surface area contributed by atoms with Crippen molar-refractivity contribution in [2.24, 2.45) is 5.92 Å². The van der Waals surface area contributed by atoms with Crippen LogP contribution < -0.4 is 10.5 Å². The third-order valence-electron chi connectivity index (χ3n) is 3.69. The Balaban J connectivity index is 2.06. The number of aromatic nitrogens is 4. The van der Waals surface area contributed by atoms with E-state index >= 15 is 0 Å². The highest BCUT2D eigenvalue weighted by Gasteiger charge is 2.31. The van der Waals surface area contributed by atoms with Gasteiger partial charge in [0.05, 0.1) is 18.7 Å². The van der Waals surface area contributed by atoms with E-state index in [-0.39, 0.29) is 0 Å². The lowest BCUT2D eigenvalue weighted by molar-refractivity contribution is 0.199. The molecule has 1 aromatic carbocycles. The molecule has 0 bridgehead atoms. The molecule has 0 unspecified atom stereocenters. The minimum absolute atomic E-state index is 0.365. The Kier molecular flexibility index (Phi) is 2.85. The molecule has 0 spiro atoms. The van der Waals surface area contributed by atoms with Crippen molar-refractivity contribution in [3.8, 4) is 17.1 Å². The van der Waals surface area contributed by atoms with Crippen LogP contribution in [0.1, 0.15) is 25.8 Å². The summed E-state index contributed by atoms with van der Waals surface area (Å²) in [6.45, 7) is 2.23. The molecule has 1 saturated carbocycles. The summed E-state index contributed by atoms with van der Waals surface area (Å²) in [7, 11) is 1.62. The summed E-state index contributed by atoms with van der Waals surface area (Å²) in [6, 6.07) is 5.93. The molecule has 19 heavy (non-hydrogen) atoms. The predicted octanol–water partition coefficient (Wildman–Crippen LogP) is 1.90. The molecule has 2 N–H and O–H groups in total. The maximum absolute atomic E-state index is 6.06. The fourth-order valence-corrected chi connectivity index (χ4v) is 2.62. The van der Waals surface area contributed by atoms with Crippen LogP contribution in [0.5, 0.6) is 5.75 Å². The Bertz CT molecular complexity index is 588. The van der Waals surface area contributed by atoms with Crippen LogP contribution in [0.4, 0.5) is 5.69 Å². The van der Waals surface area contributed by atoms with Crippen molar-refractivity contribution in [2.45, 2.75) is 25.8 Å². The van der Waals surface area contributed by atoms with E-state index in [1.807, 2.05) is 22.9 Å². The van der Waals surface area contributed by atoms with Crippen LogP contribution >= 0.6 is 0 Å². The fraction of sp³-hybridized carbons (Fsp3) is 0.462. The van der Waals surface area contributed by atoms with Gasteiger partial charge in [0.1, 0.15) is 5.75 Å². The molecule has 0 atom stereocenters. The summed E-state index contributed by atoms with van der Waals surface area (Å²) in [5, 5.41) is 12.0. The lowest BCUT2D eigenvalue weighted by atomic mass is 9.82. The largest absolute Gasteiger partial charge is 0.496 e. The normalized spacial score (nSPS) is 22.0.